The molecule has 4 rings (SSSR count). The summed E-state index contributed by atoms with van der Waals surface area (Å²) >= 11 is 0. The number of rotatable bonds is 6. The van der Waals surface area contributed by atoms with Gasteiger partial charge in [0, 0.05) is 31.3 Å². The zero-order chi connectivity index (χ0) is 19.4. The highest BCUT2D eigenvalue weighted by atomic mass is 16.6. The molecular weight excluding hydrogens is 352 g/mol. The molecule has 1 spiro atoms. The smallest absolute Gasteiger partial charge is 0.407 e. The van der Waals surface area contributed by atoms with Gasteiger partial charge in [0.1, 0.15) is 5.60 Å². The summed E-state index contributed by atoms with van der Waals surface area (Å²) in [5, 5.41) is 7.37. The van der Waals surface area contributed by atoms with Gasteiger partial charge < -0.3 is 10.1 Å². The van der Waals surface area contributed by atoms with Crippen LogP contribution < -0.4 is 5.32 Å². The van der Waals surface area contributed by atoms with E-state index < -0.39 is 0 Å². The van der Waals surface area contributed by atoms with E-state index in [-0.39, 0.29) is 11.7 Å². The Morgan fingerprint density at radius 1 is 1.18 bits per heavy atom. The lowest BCUT2D eigenvalue weighted by Gasteiger charge is -2.24. The monoisotopic (exact) mass is 382 g/mol. The number of amides is 1. The van der Waals surface area contributed by atoms with Crippen LogP contribution >= 0.6 is 0 Å². The number of unbranched alkanes of at least 4 members (excludes halogenated alkanes) is 1. The maximum atomic E-state index is 11.5. The Hall–Kier alpha value is -2.34. The van der Waals surface area contributed by atoms with Crippen LogP contribution in [-0.2, 0) is 17.7 Å². The van der Waals surface area contributed by atoms with Crippen molar-refractivity contribution in [2.45, 2.75) is 57.6 Å². The lowest BCUT2D eigenvalue weighted by Crippen LogP contribution is -2.34. The Bertz CT molecular complexity index is 801. The maximum Gasteiger partial charge on any atom is 0.407 e. The molecule has 0 bridgehead atoms. The number of benzene rings is 1. The topological polar surface area (TPSA) is 59.4 Å². The first-order valence-corrected chi connectivity index (χ1v) is 10.5. The molecular formula is C22H30N4O2. The van der Waals surface area contributed by atoms with Crippen molar-refractivity contribution in [1.29, 1.82) is 0 Å². The number of aryl methyl sites for hydroxylation is 1. The highest BCUT2D eigenvalue weighted by Gasteiger charge is 2.41. The van der Waals surface area contributed by atoms with Gasteiger partial charge in [-0.1, -0.05) is 25.5 Å². The van der Waals surface area contributed by atoms with E-state index in [1.807, 2.05) is 10.9 Å². The predicted octanol–water partition coefficient (Wildman–Crippen LogP) is 3.68. The summed E-state index contributed by atoms with van der Waals surface area (Å²) in [6.07, 6.45) is 10.3. The van der Waals surface area contributed by atoms with Crippen molar-refractivity contribution >= 4 is 6.09 Å². The minimum atomic E-state index is -0.296. The summed E-state index contributed by atoms with van der Waals surface area (Å²) in [4.78, 5) is 13.9. The Labute approximate surface area is 166 Å². The third-order valence-electron chi connectivity index (χ3n) is 5.92. The molecule has 2 aromatic rings. The summed E-state index contributed by atoms with van der Waals surface area (Å²) in [7, 11) is 0. The van der Waals surface area contributed by atoms with Gasteiger partial charge in [0.2, 0.25) is 0 Å². The van der Waals surface area contributed by atoms with Crippen molar-refractivity contribution in [2.75, 3.05) is 19.6 Å². The average molecular weight is 383 g/mol. The molecule has 1 aromatic heterocycles. The fourth-order valence-corrected chi connectivity index (χ4v) is 4.20. The normalized spacial score (nSPS) is 22.8. The molecule has 6 heteroatoms. The highest BCUT2D eigenvalue weighted by Crippen LogP contribution is 2.29. The second-order valence-corrected chi connectivity index (χ2v) is 8.12. The van der Waals surface area contributed by atoms with Crippen molar-refractivity contribution in [3.63, 3.8) is 0 Å². The minimum Gasteiger partial charge on any atom is -0.441 e. The van der Waals surface area contributed by atoms with Crippen molar-refractivity contribution in [2.24, 2.45) is 0 Å². The molecule has 1 amide bonds. The largest absolute Gasteiger partial charge is 0.441 e. The van der Waals surface area contributed by atoms with E-state index in [1.165, 1.54) is 24.0 Å². The number of nitrogens with one attached hydrogen (secondary N) is 1. The molecule has 3 heterocycles. The molecule has 150 valence electrons. The van der Waals surface area contributed by atoms with Crippen LogP contribution in [-0.4, -0.2) is 46.0 Å². The molecule has 1 N–H and O–H groups in total. The Morgan fingerprint density at radius 3 is 2.79 bits per heavy atom. The van der Waals surface area contributed by atoms with Crippen LogP contribution in [0.5, 0.6) is 0 Å². The van der Waals surface area contributed by atoms with E-state index in [0.717, 1.165) is 51.0 Å². The SMILES string of the molecule is CCCCc1ccc(-n2cc(CN3CCC[C@@]4(CC3)CNC(=O)O4)cn2)cc1. The second-order valence-electron chi connectivity index (χ2n) is 8.12. The van der Waals surface area contributed by atoms with E-state index in [4.69, 9.17) is 4.74 Å². The second kappa shape index (κ2) is 8.35. The van der Waals surface area contributed by atoms with Crippen LogP contribution in [0.25, 0.3) is 5.69 Å². The first-order chi connectivity index (χ1) is 13.7. The van der Waals surface area contributed by atoms with Gasteiger partial charge in [-0.2, -0.15) is 5.10 Å². The van der Waals surface area contributed by atoms with Gasteiger partial charge in [-0.15, -0.1) is 0 Å². The molecule has 2 fully saturated rings. The highest BCUT2D eigenvalue weighted by molar-refractivity contribution is 5.70. The van der Waals surface area contributed by atoms with Gasteiger partial charge in [0.05, 0.1) is 18.4 Å². The molecule has 6 nitrogen and oxygen atoms in total. The van der Waals surface area contributed by atoms with E-state index in [9.17, 15) is 4.79 Å². The molecule has 28 heavy (non-hydrogen) atoms. The van der Waals surface area contributed by atoms with Crippen LogP contribution in [0.2, 0.25) is 0 Å². The number of hydrogen-bond donors (Lipinski definition) is 1. The summed E-state index contributed by atoms with van der Waals surface area (Å²) in [5.41, 5.74) is 3.41. The van der Waals surface area contributed by atoms with Crippen molar-refractivity contribution < 1.29 is 9.53 Å². The molecule has 0 saturated carbocycles. The molecule has 1 atom stereocenters. The first kappa shape index (κ1) is 19.0. The van der Waals surface area contributed by atoms with E-state index in [0.29, 0.717) is 6.54 Å². The lowest BCUT2D eigenvalue weighted by molar-refractivity contribution is 0.0443. The number of carbonyl (C=O) groups excluding carboxylic acids is 1. The third-order valence-corrected chi connectivity index (χ3v) is 5.92. The number of nitrogens with zero attached hydrogens (tertiary/aromatic N) is 3. The minimum absolute atomic E-state index is 0.268. The number of ether oxygens (including phenoxy) is 1. The van der Waals surface area contributed by atoms with Crippen molar-refractivity contribution in [1.82, 2.24) is 20.0 Å². The molecule has 2 aliphatic heterocycles. The van der Waals surface area contributed by atoms with Crippen LogP contribution in [0.4, 0.5) is 4.79 Å². The van der Waals surface area contributed by atoms with Gasteiger partial charge in [-0.3, -0.25) is 4.90 Å². The van der Waals surface area contributed by atoms with Crippen LogP contribution in [0.15, 0.2) is 36.7 Å². The lowest BCUT2D eigenvalue weighted by atomic mass is 9.95. The Kier molecular flexibility index (Phi) is 5.67. The van der Waals surface area contributed by atoms with Crippen LogP contribution in [0.1, 0.15) is 50.2 Å². The number of alkyl carbamates (subject to hydrolysis) is 1. The van der Waals surface area contributed by atoms with E-state index in [1.54, 1.807) is 0 Å². The first-order valence-electron chi connectivity index (χ1n) is 10.5. The fourth-order valence-electron chi connectivity index (χ4n) is 4.20. The molecule has 0 radical (unpaired) electrons. The quantitative estimate of drug-likeness (QED) is 0.828. The summed E-state index contributed by atoms with van der Waals surface area (Å²) < 4.78 is 7.53. The number of aromatic nitrogens is 2. The number of hydrogen-bond acceptors (Lipinski definition) is 4. The van der Waals surface area contributed by atoms with Crippen LogP contribution in [0, 0.1) is 0 Å². The molecule has 2 aliphatic rings. The van der Waals surface area contributed by atoms with Crippen LogP contribution in [0.3, 0.4) is 0 Å². The summed E-state index contributed by atoms with van der Waals surface area (Å²) in [6.45, 7) is 5.71. The zero-order valence-corrected chi connectivity index (χ0v) is 16.7. The molecule has 1 aromatic carbocycles. The summed E-state index contributed by atoms with van der Waals surface area (Å²) in [5.74, 6) is 0. The average Bonchev–Trinajstić information content (AvgIpc) is 3.26. The standard InChI is InChI=1S/C22H30N4O2/c1-2-3-5-18-6-8-20(9-7-18)26-16-19(14-24-26)15-25-12-4-10-22(11-13-25)17-23-21(27)28-22/h6-9,14,16H,2-5,10-13,15,17H2,1H3,(H,23,27)/t22-/m1/s1. The molecule has 0 unspecified atom stereocenters. The molecule has 0 aliphatic carbocycles. The van der Waals surface area contributed by atoms with Crippen molar-refractivity contribution in [3.8, 4) is 5.69 Å². The number of carbonyl (C=O) groups is 1. The third kappa shape index (κ3) is 4.38. The predicted molar refractivity (Wildman–Crippen MR) is 109 cm³/mol. The van der Waals surface area contributed by atoms with E-state index in [2.05, 4.69) is 52.7 Å². The van der Waals surface area contributed by atoms with Gasteiger partial charge in [0.15, 0.2) is 0 Å². The van der Waals surface area contributed by atoms with Gasteiger partial charge in [0.25, 0.3) is 0 Å². The Morgan fingerprint density at radius 2 is 2.04 bits per heavy atom. The van der Waals surface area contributed by atoms with Gasteiger partial charge in [-0.25, -0.2) is 9.48 Å². The molecule has 2 saturated heterocycles. The zero-order valence-electron chi connectivity index (χ0n) is 16.7. The van der Waals surface area contributed by atoms with E-state index >= 15 is 0 Å². The maximum absolute atomic E-state index is 11.5. The van der Waals surface area contributed by atoms with Gasteiger partial charge >= 0.3 is 6.09 Å². The fraction of sp³-hybridized carbons (Fsp3) is 0.545. The summed E-state index contributed by atoms with van der Waals surface area (Å²) in [6, 6.07) is 8.72. The van der Waals surface area contributed by atoms with Crippen molar-refractivity contribution in [3.05, 3.63) is 47.8 Å². The Balaban J connectivity index is 1.35. The number of likely N-dealkylation sites (tertiary alicyclic amines) is 1. The van der Waals surface area contributed by atoms with Gasteiger partial charge in [-0.05, 0) is 49.9 Å².